The van der Waals surface area contributed by atoms with Gasteiger partial charge in [0, 0.05) is 5.56 Å². The Morgan fingerprint density at radius 2 is 2.00 bits per heavy atom. The summed E-state index contributed by atoms with van der Waals surface area (Å²) in [6.45, 7) is 2.00. The Hall–Kier alpha value is -2.50. The molecule has 19 heavy (non-hydrogen) atoms. The summed E-state index contributed by atoms with van der Waals surface area (Å²) < 4.78 is 6.09. The van der Waals surface area contributed by atoms with Crippen molar-refractivity contribution < 1.29 is 14.3 Å². The Bertz CT molecular complexity index is 578. The van der Waals surface area contributed by atoms with Crippen LogP contribution in [0.4, 0.5) is 0 Å². The summed E-state index contributed by atoms with van der Waals surface area (Å²) in [6.07, 6.45) is 1.34. The van der Waals surface area contributed by atoms with Gasteiger partial charge in [0.1, 0.15) is 12.9 Å². The molecule has 1 aromatic carbocycles. The van der Waals surface area contributed by atoms with Crippen molar-refractivity contribution in [3.8, 4) is 0 Å². The molecule has 0 aliphatic rings. The summed E-state index contributed by atoms with van der Waals surface area (Å²) >= 11 is 0. The predicted octanol–water partition coefficient (Wildman–Crippen LogP) is 1.34. The smallest absolute Gasteiger partial charge is 0.378 e. The monoisotopic (exact) mass is 259 g/mol. The zero-order chi connectivity index (χ0) is 13.7. The van der Waals surface area contributed by atoms with E-state index in [2.05, 4.69) is 10.1 Å². The lowest BCUT2D eigenvalue weighted by Gasteiger charge is -2.00. The van der Waals surface area contributed by atoms with Gasteiger partial charge < -0.3 is 4.74 Å². The van der Waals surface area contributed by atoms with Crippen LogP contribution in [0.5, 0.6) is 0 Å². The van der Waals surface area contributed by atoms with Crippen molar-refractivity contribution in [2.24, 2.45) is 0 Å². The molecule has 0 spiro atoms. The van der Waals surface area contributed by atoms with Gasteiger partial charge in [-0.1, -0.05) is 30.3 Å². The number of carbonyl (C=O) groups excluding carboxylic acids is 2. The van der Waals surface area contributed by atoms with E-state index in [0.717, 1.165) is 0 Å². The minimum absolute atomic E-state index is 0.0381. The average molecular weight is 259 g/mol. The molecule has 0 fully saturated rings. The first-order chi connectivity index (χ1) is 9.20. The zero-order valence-corrected chi connectivity index (χ0v) is 10.4. The first-order valence-corrected chi connectivity index (χ1v) is 5.85. The van der Waals surface area contributed by atoms with Crippen LogP contribution in [0.1, 0.15) is 27.9 Å². The highest BCUT2D eigenvalue weighted by molar-refractivity contribution is 5.95. The Labute approximate surface area is 110 Å². The van der Waals surface area contributed by atoms with Gasteiger partial charge in [0.15, 0.2) is 5.78 Å². The van der Waals surface area contributed by atoms with Crippen LogP contribution in [-0.4, -0.2) is 33.1 Å². The largest absolute Gasteiger partial charge is 0.460 e. The average Bonchev–Trinajstić information content (AvgIpc) is 2.88. The van der Waals surface area contributed by atoms with Crippen molar-refractivity contribution in [2.75, 3.05) is 6.61 Å². The fraction of sp³-hybridized carbons (Fsp3) is 0.231. The number of ether oxygens (including phenoxy) is 1. The van der Waals surface area contributed by atoms with E-state index in [1.807, 2.05) is 6.07 Å². The standard InChI is InChI=1S/C13H13N3O3/c1-2-19-13(18)12-14-9-16(15-12)8-11(17)10-6-4-3-5-7-10/h3-7,9H,2,8H2,1H3. The molecule has 0 saturated heterocycles. The van der Waals surface area contributed by atoms with E-state index >= 15 is 0 Å². The molecule has 98 valence electrons. The van der Waals surface area contributed by atoms with Crippen LogP contribution in [0.2, 0.25) is 0 Å². The van der Waals surface area contributed by atoms with Gasteiger partial charge in [-0.3, -0.25) is 4.79 Å². The molecule has 0 bridgehead atoms. The first kappa shape index (κ1) is 12.9. The number of hydrogen-bond acceptors (Lipinski definition) is 5. The van der Waals surface area contributed by atoms with Gasteiger partial charge in [0.2, 0.25) is 0 Å². The maximum atomic E-state index is 11.9. The van der Waals surface area contributed by atoms with E-state index in [4.69, 9.17) is 4.74 Å². The molecule has 0 N–H and O–H groups in total. The lowest BCUT2D eigenvalue weighted by molar-refractivity contribution is 0.0511. The van der Waals surface area contributed by atoms with E-state index in [9.17, 15) is 9.59 Å². The number of aromatic nitrogens is 3. The van der Waals surface area contributed by atoms with Gasteiger partial charge in [0.25, 0.3) is 5.82 Å². The van der Waals surface area contributed by atoms with Crippen molar-refractivity contribution in [3.05, 3.63) is 48.0 Å². The molecule has 6 heteroatoms. The fourth-order valence-corrected chi connectivity index (χ4v) is 1.52. The summed E-state index contributed by atoms with van der Waals surface area (Å²) in [7, 11) is 0. The topological polar surface area (TPSA) is 74.1 Å². The highest BCUT2D eigenvalue weighted by atomic mass is 16.5. The Morgan fingerprint density at radius 3 is 2.68 bits per heavy atom. The second-order valence-corrected chi connectivity index (χ2v) is 3.78. The van der Waals surface area contributed by atoms with E-state index in [1.165, 1.54) is 11.0 Å². The third kappa shape index (κ3) is 3.25. The predicted molar refractivity (Wildman–Crippen MR) is 66.8 cm³/mol. The minimum Gasteiger partial charge on any atom is -0.460 e. The molecule has 2 aromatic rings. The Balaban J connectivity index is 2.04. The molecule has 0 unspecified atom stereocenters. The molecule has 0 aliphatic carbocycles. The molecular weight excluding hydrogens is 246 g/mol. The van der Waals surface area contributed by atoms with Crippen LogP contribution in [-0.2, 0) is 11.3 Å². The summed E-state index contributed by atoms with van der Waals surface area (Å²) in [4.78, 5) is 27.1. The van der Waals surface area contributed by atoms with E-state index in [0.29, 0.717) is 5.56 Å². The highest BCUT2D eigenvalue weighted by Gasteiger charge is 2.14. The van der Waals surface area contributed by atoms with Crippen molar-refractivity contribution in [2.45, 2.75) is 13.5 Å². The molecular formula is C13H13N3O3. The third-order valence-corrected chi connectivity index (χ3v) is 2.40. The zero-order valence-electron chi connectivity index (χ0n) is 10.4. The van der Waals surface area contributed by atoms with Crippen molar-refractivity contribution in [1.29, 1.82) is 0 Å². The maximum absolute atomic E-state index is 11.9. The SMILES string of the molecule is CCOC(=O)c1ncn(CC(=O)c2ccccc2)n1. The van der Waals surface area contributed by atoms with Crippen LogP contribution in [0.15, 0.2) is 36.7 Å². The normalized spacial score (nSPS) is 10.2. The number of benzene rings is 1. The molecule has 0 radical (unpaired) electrons. The van der Waals surface area contributed by atoms with Crippen molar-refractivity contribution >= 4 is 11.8 Å². The summed E-state index contributed by atoms with van der Waals surface area (Å²) in [5.41, 5.74) is 0.593. The van der Waals surface area contributed by atoms with Crippen molar-refractivity contribution in [1.82, 2.24) is 14.8 Å². The van der Waals surface area contributed by atoms with Gasteiger partial charge in [-0.15, -0.1) is 5.10 Å². The molecule has 0 saturated carbocycles. The summed E-state index contributed by atoms with van der Waals surface area (Å²) in [6, 6.07) is 8.87. The second-order valence-electron chi connectivity index (χ2n) is 3.78. The van der Waals surface area contributed by atoms with Crippen LogP contribution >= 0.6 is 0 Å². The Morgan fingerprint density at radius 1 is 1.26 bits per heavy atom. The first-order valence-electron chi connectivity index (χ1n) is 5.85. The minimum atomic E-state index is -0.589. The van der Waals surface area contributed by atoms with Gasteiger partial charge in [-0.2, -0.15) is 0 Å². The van der Waals surface area contributed by atoms with E-state index in [-0.39, 0.29) is 24.8 Å². The van der Waals surface area contributed by atoms with E-state index in [1.54, 1.807) is 31.2 Å². The molecule has 0 amide bonds. The third-order valence-electron chi connectivity index (χ3n) is 2.40. The molecule has 0 atom stereocenters. The summed E-state index contributed by atoms with van der Waals surface area (Å²) in [5, 5.41) is 3.90. The number of hydrogen-bond donors (Lipinski definition) is 0. The molecule has 1 aromatic heterocycles. The molecule has 2 rings (SSSR count). The van der Waals surface area contributed by atoms with Gasteiger partial charge in [-0.05, 0) is 6.92 Å². The Kier molecular flexibility index (Phi) is 4.02. The van der Waals surface area contributed by atoms with Gasteiger partial charge >= 0.3 is 5.97 Å². The van der Waals surface area contributed by atoms with E-state index < -0.39 is 5.97 Å². The highest BCUT2D eigenvalue weighted by Crippen LogP contribution is 2.02. The van der Waals surface area contributed by atoms with Crippen LogP contribution in [0.3, 0.4) is 0 Å². The second kappa shape index (κ2) is 5.90. The number of rotatable bonds is 5. The van der Waals surface area contributed by atoms with Crippen LogP contribution < -0.4 is 0 Å². The molecule has 1 heterocycles. The van der Waals surface area contributed by atoms with Gasteiger partial charge in [0.05, 0.1) is 6.61 Å². The number of carbonyl (C=O) groups is 2. The maximum Gasteiger partial charge on any atom is 0.378 e. The number of Topliss-reactive ketones (excluding diaryl/α,β-unsaturated/α-hetero) is 1. The van der Waals surface area contributed by atoms with Crippen molar-refractivity contribution in [3.63, 3.8) is 0 Å². The number of esters is 1. The van der Waals surface area contributed by atoms with Gasteiger partial charge in [-0.25, -0.2) is 14.5 Å². The number of ketones is 1. The summed E-state index contributed by atoms with van der Waals surface area (Å²) in [5.74, 6) is -0.725. The quantitative estimate of drug-likeness (QED) is 0.598. The fourth-order valence-electron chi connectivity index (χ4n) is 1.52. The van der Waals surface area contributed by atoms with Crippen LogP contribution in [0, 0.1) is 0 Å². The molecule has 6 nitrogen and oxygen atoms in total. The lowest BCUT2D eigenvalue weighted by Crippen LogP contribution is -2.12. The molecule has 0 aliphatic heterocycles. The van der Waals surface area contributed by atoms with Crippen LogP contribution in [0.25, 0.3) is 0 Å². The lowest BCUT2D eigenvalue weighted by atomic mass is 10.1. The number of nitrogens with zero attached hydrogens (tertiary/aromatic N) is 3.